The van der Waals surface area contributed by atoms with E-state index < -0.39 is 5.60 Å². The van der Waals surface area contributed by atoms with Crippen LogP contribution in [0.15, 0.2) is 0 Å². The molecule has 1 saturated heterocycles. The number of hydrogen-bond acceptors (Lipinski definition) is 3. The topological polar surface area (TPSA) is 50.9 Å². The van der Waals surface area contributed by atoms with Crippen LogP contribution in [-0.4, -0.2) is 29.9 Å². The van der Waals surface area contributed by atoms with Crippen molar-refractivity contribution >= 4 is 6.09 Å². The summed E-state index contributed by atoms with van der Waals surface area (Å²) in [5.41, 5.74) is -0.419. The van der Waals surface area contributed by atoms with E-state index in [4.69, 9.17) is 9.47 Å². The number of amides is 1. The van der Waals surface area contributed by atoms with Crippen molar-refractivity contribution in [1.82, 2.24) is 5.32 Å². The molecule has 1 heterocycles. The molecule has 3 atom stereocenters. The van der Waals surface area contributed by atoms with Crippen LogP contribution in [0.1, 0.15) is 40.0 Å². The highest BCUT2D eigenvalue weighted by Crippen LogP contribution is 2.36. The van der Waals surface area contributed by atoms with Crippen molar-refractivity contribution in [2.45, 2.75) is 63.9 Å². The summed E-state index contributed by atoms with van der Waals surface area (Å²) in [6.45, 7) is 5.61. The Morgan fingerprint density at radius 3 is 2.67 bits per heavy atom. The zero-order chi connectivity index (χ0) is 11.1. The molecule has 0 bridgehead atoms. The number of alkyl carbamates (subject to hydrolysis) is 1. The average Bonchev–Trinajstić information content (AvgIpc) is 2.77. The number of rotatable bonds is 1. The van der Waals surface area contributed by atoms with E-state index in [0.717, 1.165) is 19.3 Å². The van der Waals surface area contributed by atoms with Gasteiger partial charge < -0.3 is 14.8 Å². The molecule has 4 nitrogen and oxygen atoms in total. The van der Waals surface area contributed by atoms with Crippen molar-refractivity contribution < 1.29 is 14.3 Å². The lowest BCUT2D eigenvalue weighted by molar-refractivity contribution is 0.0495. The molecule has 0 radical (unpaired) electrons. The third-order valence-electron chi connectivity index (χ3n) is 2.72. The summed E-state index contributed by atoms with van der Waals surface area (Å²) in [6.07, 6.45) is 3.54. The summed E-state index contributed by atoms with van der Waals surface area (Å²) >= 11 is 0. The van der Waals surface area contributed by atoms with E-state index >= 15 is 0 Å². The van der Waals surface area contributed by atoms with Gasteiger partial charge >= 0.3 is 6.09 Å². The van der Waals surface area contributed by atoms with E-state index in [1.807, 2.05) is 20.8 Å². The summed E-state index contributed by atoms with van der Waals surface area (Å²) in [5, 5.41) is 2.89. The standard InChI is InChI=1S/C11H19NO3/c1-11(2,3)15-10(13)12-7-4-5-8-9(6-7)14-8/h7-9H,4-6H2,1-3H3,(H,12,13)/t7-,8+,9-/m1/s1. The second kappa shape index (κ2) is 3.67. The number of hydrogen-bond donors (Lipinski definition) is 1. The zero-order valence-corrected chi connectivity index (χ0v) is 9.58. The van der Waals surface area contributed by atoms with Crippen LogP contribution in [-0.2, 0) is 9.47 Å². The summed E-state index contributed by atoms with van der Waals surface area (Å²) in [4.78, 5) is 11.5. The molecule has 15 heavy (non-hydrogen) atoms. The van der Waals surface area contributed by atoms with Gasteiger partial charge in [0.25, 0.3) is 0 Å². The first kappa shape index (κ1) is 10.7. The summed E-state index contributed by atoms with van der Waals surface area (Å²) < 4.78 is 10.6. The van der Waals surface area contributed by atoms with Gasteiger partial charge in [0.05, 0.1) is 12.2 Å². The number of carbonyl (C=O) groups is 1. The Balaban J connectivity index is 1.74. The lowest BCUT2D eigenvalue weighted by Crippen LogP contribution is -2.41. The molecule has 86 valence electrons. The van der Waals surface area contributed by atoms with E-state index in [1.165, 1.54) is 0 Å². The van der Waals surface area contributed by atoms with Crippen LogP contribution in [0, 0.1) is 0 Å². The Morgan fingerprint density at radius 1 is 1.33 bits per heavy atom. The monoisotopic (exact) mass is 213 g/mol. The molecule has 1 aliphatic carbocycles. The van der Waals surface area contributed by atoms with Gasteiger partial charge in [-0.1, -0.05) is 0 Å². The summed E-state index contributed by atoms with van der Waals surface area (Å²) in [5.74, 6) is 0. The number of fused-ring (bicyclic) bond motifs is 1. The first-order chi connectivity index (χ1) is 6.94. The predicted octanol–water partition coefficient (Wildman–Crippen LogP) is 1.83. The maximum absolute atomic E-state index is 11.5. The fourth-order valence-electron chi connectivity index (χ4n) is 2.01. The quantitative estimate of drug-likeness (QED) is 0.676. The average molecular weight is 213 g/mol. The molecule has 1 N–H and O–H groups in total. The van der Waals surface area contributed by atoms with Crippen LogP contribution in [0.25, 0.3) is 0 Å². The second-order valence-corrected chi connectivity index (χ2v) is 5.37. The fraction of sp³-hybridized carbons (Fsp3) is 0.909. The van der Waals surface area contributed by atoms with Crippen molar-refractivity contribution in [1.29, 1.82) is 0 Å². The fourth-order valence-corrected chi connectivity index (χ4v) is 2.01. The van der Waals surface area contributed by atoms with E-state index in [2.05, 4.69) is 5.32 Å². The normalized spacial score (nSPS) is 34.2. The highest BCUT2D eigenvalue weighted by atomic mass is 16.6. The Morgan fingerprint density at radius 2 is 2.07 bits per heavy atom. The van der Waals surface area contributed by atoms with Gasteiger partial charge in [-0.05, 0) is 40.0 Å². The first-order valence-corrected chi connectivity index (χ1v) is 5.59. The predicted molar refractivity (Wildman–Crippen MR) is 55.7 cm³/mol. The molecule has 2 aliphatic rings. The maximum atomic E-state index is 11.5. The molecule has 1 amide bonds. The molecule has 1 saturated carbocycles. The highest BCUT2D eigenvalue weighted by Gasteiger charge is 2.44. The Bertz CT molecular complexity index is 259. The molecule has 0 spiro atoms. The SMILES string of the molecule is CC(C)(C)OC(=O)N[C@@H]1CC[C@@H]2O[C@@H]2C1. The minimum atomic E-state index is -0.419. The largest absolute Gasteiger partial charge is 0.444 e. The van der Waals surface area contributed by atoms with E-state index in [1.54, 1.807) is 0 Å². The highest BCUT2D eigenvalue weighted by molar-refractivity contribution is 5.68. The van der Waals surface area contributed by atoms with Gasteiger partial charge in [0.1, 0.15) is 5.60 Å². The van der Waals surface area contributed by atoms with Gasteiger partial charge in [0.2, 0.25) is 0 Å². The Kier molecular flexibility index (Phi) is 2.63. The minimum Gasteiger partial charge on any atom is -0.444 e. The van der Waals surface area contributed by atoms with Crippen molar-refractivity contribution in [2.75, 3.05) is 0 Å². The van der Waals surface area contributed by atoms with Gasteiger partial charge in [-0.3, -0.25) is 0 Å². The van der Waals surface area contributed by atoms with Crippen LogP contribution >= 0.6 is 0 Å². The molecular formula is C11H19NO3. The molecule has 0 aromatic heterocycles. The van der Waals surface area contributed by atoms with Gasteiger partial charge in [0, 0.05) is 6.04 Å². The Labute approximate surface area is 90.3 Å². The third kappa shape index (κ3) is 3.09. The summed E-state index contributed by atoms with van der Waals surface area (Å²) in [7, 11) is 0. The van der Waals surface area contributed by atoms with Crippen LogP contribution < -0.4 is 5.32 Å². The molecule has 0 aromatic rings. The van der Waals surface area contributed by atoms with Crippen molar-refractivity contribution in [3.8, 4) is 0 Å². The van der Waals surface area contributed by atoms with Gasteiger partial charge in [-0.15, -0.1) is 0 Å². The summed E-state index contributed by atoms with van der Waals surface area (Å²) in [6, 6.07) is 0.226. The molecule has 0 unspecified atom stereocenters. The molecule has 2 fully saturated rings. The smallest absolute Gasteiger partial charge is 0.407 e. The molecule has 0 aromatic carbocycles. The van der Waals surface area contributed by atoms with Crippen LogP contribution in [0.5, 0.6) is 0 Å². The number of nitrogens with one attached hydrogen (secondary N) is 1. The first-order valence-electron chi connectivity index (χ1n) is 5.59. The lowest BCUT2D eigenvalue weighted by atomic mass is 9.96. The van der Waals surface area contributed by atoms with Gasteiger partial charge in [0.15, 0.2) is 0 Å². The van der Waals surface area contributed by atoms with E-state index in [-0.39, 0.29) is 12.1 Å². The van der Waals surface area contributed by atoms with Gasteiger partial charge in [-0.25, -0.2) is 4.79 Å². The van der Waals surface area contributed by atoms with Crippen molar-refractivity contribution in [2.24, 2.45) is 0 Å². The zero-order valence-electron chi connectivity index (χ0n) is 9.58. The minimum absolute atomic E-state index is 0.226. The number of epoxide rings is 1. The van der Waals surface area contributed by atoms with Gasteiger partial charge in [-0.2, -0.15) is 0 Å². The molecule has 4 heteroatoms. The van der Waals surface area contributed by atoms with E-state index in [0.29, 0.717) is 12.2 Å². The second-order valence-electron chi connectivity index (χ2n) is 5.37. The maximum Gasteiger partial charge on any atom is 0.407 e. The number of ether oxygens (including phenoxy) is 2. The third-order valence-corrected chi connectivity index (χ3v) is 2.72. The van der Waals surface area contributed by atoms with Crippen LogP contribution in [0.4, 0.5) is 4.79 Å². The molecule has 2 rings (SSSR count). The number of carbonyl (C=O) groups excluding carboxylic acids is 1. The van der Waals surface area contributed by atoms with E-state index in [9.17, 15) is 4.79 Å². The van der Waals surface area contributed by atoms with Crippen LogP contribution in [0.3, 0.4) is 0 Å². The van der Waals surface area contributed by atoms with Crippen LogP contribution in [0.2, 0.25) is 0 Å². The molecule has 1 aliphatic heterocycles. The lowest BCUT2D eigenvalue weighted by Gasteiger charge is -2.24. The Hall–Kier alpha value is -0.770. The molecular weight excluding hydrogens is 194 g/mol. The van der Waals surface area contributed by atoms with Crippen molar-refractivity contribution in [3.05, 3.63) is 0 Å². The van der Waals surface area contributed by atoms with Crippen molar-refractivity contribution in [3.63, 3.8) is 0 Å².